The number of nitrogens with zero attached hydrogens (tertiary/aromatic N) is 1. The summed E-state index contributed by atoms with van der Waals surface area (Å²) in [6.45, 7) is 4.29. The number of hydrogen-bond donors (Lipinski definition) is 2. The minimum absolute atomic E-state index is 0. The molecule has 0 spiro atoms. The van der Waals surface area contributed by atoms with Gasteiger partial charge in [0.05, 0.1) is 0 Å². The molecule has 0 aliphatic rings. The van der Waals surface area contributed by atoms with Crippen LogP contribution in [0.2, 0.25) is 0 Å². The van der Waals surface area contributed by atoms with Gasteiger partial charge in [0.15, 0.2) is 6.23 Å². The van der Waals surface area contributed by atoms with Crippen LogP contribution in [0.1, 0.15) is 32.9 Å². The highest BCUT2D eigenvalue weighted by atomic mass is 35.5. The Morgan fingerprint density at radius 1 is 1.54 bits per heavy atom. The van der Waals surface area contributed by atoms with E-state index in [9.17, 15) is 5.11 Å². The van der Waals surface area contributed by atoms with Crippen LogP contribution in [0.3, 0.4) is 0 Å². The van der Waals surface area contributed by atoms with E-state index in [0.29, 0.717) is 5.92 Å². The van der Waals surface area contributed by atoms with Gasteiger partial charge in [-0.15, -0.1) is 0 Å². The van der Waals surface area contributed by atoms with Crippen molar-refractivity contribution >= 4 is 0 Å². The van der Waals surface area contributed by atoms with Gasteiger partial charge < -0.3 is 17.5 Å². The predicted octanol–water partition coefficient (Wildman–Crippen LogP) is -1.77. The molecule has 0 radical (unpaired) electrons. The van der Waals surface area contributed by atoms with Crippen LogP contribution >= 0.6 is 0 Å². The maximum absolute atomic E-state index is 9.65. The number of H-pyrrole nitrogens is 1. The first kappa shape index (κ1) is 12.5. The fourth-order valence-corrected chi connectivity index (χ4v) is 1.13. The molecule has 4 heteroatoms. The molecular formula is C9H17ClN2O. The lowest BCUT2D eigenvalue weighted by molar-refractivity contribution is -0.760. The van der Waals surface area contributed by atoms with E-state index in [4.69, 9.17) is 0 Å². The molecule has 0 aromatic carbocycles. The Bertz CT molecular complexity index is 213. The number of rotatable bonds is 4. The molecule has 1 heterocycles. The second-order valence-electron chi connectivity index (χ2n) is 3.29. The number of aliphatic hydroxyl groups excluding tert-OH is 1. The van der Waals surface area contributed by atoms with Crippen LogP contribution in [0.4, 0.5) is 0 Å². The van der Waals surface area contributed by atoms with Crippen molar-refractivity contribution in [1.29, 1.82) is 0 Å². The van der Waals surface area contributed by atoms with E-state index < -0.39 is 0 Å². The zero-order valence-corrected chi connectivity index (χ0v) is 8.83. The number of hydrogen-bond acceptors (Lipinski definition) is 1. The average Bonchev–Trinajstić information content (AvgIpc) is 2.56. The minimum atomic E-state index is -0.383. The Labute approximate surface area is 85.2 Å². The zero-order valence-electron chi connectivity index (χ0n) is 8.07. The van der Waals surface area contributed by atoms with E-state index >= 15 is 0 Å². The highest BCUT2D eigenvalue weighted by Gasteiger charge is 2.13. The molecule has 2 atom stereocenters. The maximum Gasteiger partial charge on any atom is 0.243 e. The Hall–Kier alpha value is -0.540. The molecule has 3 nitrogen and oxygen atoms in total. The van der Waals surface area contributed by atoms with Gasteiger partial charge in [-0.25, -0.2) is 4.57 Å². The van der Waals surface area contributed by atoms with Crippen LogP contribution in [0.5, 0.6) is 0 Å². The molecule has 13 heavy (non-hydrogen) atoms. The van der Waals surface area contributed by atoms with E-state index in [0.717, 1.165) is 12.8 Å². The first-order valence-electron chi connectivity index (χ1n) is 4.45. The van der Waals surface area contributed by atoms with Crippen molar-refractivity contribution in [3.05, 3.63) is 18.7 Å². The summed E-state index contributed by atoms with van der Waals surface area (Å²) < 4.78 is 1.78. The number of imidazole rings is 1. The first-order valence-corrected chi connectivity index (χ1v) is 4.45. The highest BCUT2D eigenvalue weighted by Crippen LogP contribution is 2.12. The van der Waals surface area contributed by atoms with Gasteiger partial charge in [0.1, 0.15) is 12.4 Å². The number of aromatic amines is 1. The summed E-state index contributed by atoms with van der Waals surface area (Å²) in [5.41, 5.74) is 0. The summed E-state index contributed by atoms with van der Waals surface area (Å²) in [5, 5.41) is 9.65. The van der Waals surface area contributed by atoms with Crippen molar-refractivity contribution in [2.45, 2.75) is 32.9 Å². The Balaban J connectivity index is 0.00000144. The fraction of sp³-hybridized carbons (Fsp3) is 0.667. The van der Waals surface area contributed by atoms with E-state index in [-0.39, 0.29) is 18.6 Å². The quantitative estimate of drug-likeness (QED) is 0.561. The summed E-state index contributed by atoms with van der Waals surface area (Å²) in [7, 11) is 0. The molecule has 1 aromatic heterocycles. The molecule has 0 bridgehead atoms. The summed E-state index contributed by atoms with van der Waals surface area (Å²) in [6.07, 6.45) is 6.97. The molecule has 0 saturated heterocycles. The third-order valence-corrected chi connectivity index (χ3v) is 2.22. The van der Waals surface area contributed by atoms with Crippen LogP contribution in [0.25, 0.3) is 0 Å². The average molecular weight is 205 g/mol. The van der Waals surface area contributed by atoms with Crippen molar-refractivity contribution in [2.24, 2.45) is 5.92 Å². The van der Waals surface area contributed by atoms with Gasteiger partial charge in [0.2, 0.25) is 6.33 Å². The van der Waals surface area contributed by atoms with Gasteiger partial charge in [0, 0.05) is 6.42 Å². The molecule has 2 unspecified atom stereocenters. The molecule has 2 N–H and O–H groups in total. The van der Waals surface area contributed by atoms with Gasteiger partial charge in [-0.3, -0.25) is 4.98 Å². The summed E-state index contributed by atoms with van der Waals surface area (Å²) in [4.78, 5) is 2.90. The summed E-state index contributed by atoms with van der Waals surface area (Å²) in [6, 6.07) is 0. The van der Waals surface area contributed by atoms with E-state index in [1.54, 1.807) is 17.1 Å². The first-order chi connectivity index (χ1) is 5.74. The highest BCUT2D eigenvalue weighted by molar-refractivity contribution is 4.57. The van der Waals surface area contributed by atoms with E-state index in [2.05, 4.69) is 18.8 Å². The molecule has 76 valence electrons. The lowest BCUT2D eigenvalue weighted by Gasteiger charge is -2.11. The van der Waals surface area contributed by atoms with Gasteiger partial charge in [0.25, 0.3) is 0 Å². The van der Waals surface area contributed by atoms with Gasteiger partial charge in [-0.1, -0.05) is 20.3 Å². The smallest absolute Gasteiger partial charge is 0.243 e. The Kier molecular flexibility index (Phi) is 5.75. The van der Waals surface area contributed by atoms with Gasteiger partial charge in [-0.2, -0.15) is 0 Å². The lowest BCUT2D eigenvalue weighted by atomic mass is 10.0. The summed E-state index contributed by atoms with van der Waals surface area (Å²) in [5.74, 6) is 0.572. The van der Waals surface area contributed by atoms with Crippen LogP contribution in [-0.4, -0.2) is 10.1 Å². The molecule has 0 aliphatic heterocycles. The Morgan fingerprint density at radius 3 is 2.69 bits per heavy atom. The second kappa shape index (κ2) is 6.00. The number of halogens is 1. The molecule has 0 amide bonds. The molecule has 0 saturated carbocycles. The SMILES string of the molecule is CCC(C)CC(O)[n+]1cc[nH]c1.[Cl-]. The van der Waals surface area contributed by atoms with E-state index in [1.807, 2.05) is 6.20 Å². The fourth-order valence-electron chi connectivity index (χ4n) is 1.13. The maximum atomic E-state index is 9.65. The van der Waals surface area contributed by atoms with Crippen molar-refractivity contribution in [2.75, 3.05) is 0 Å². The normalized spacial score (nSPS) is 14.7. The molecule has 0 aliphatic carbocycles. The van der Waals surface area contributed by atoms with Crippen LogP contribution in [0, 0.1) is 5.92 Å². The van der Waals surface area contributed by atoms with Crippen LogP contribution < -0.4 is 17.0 Å². The van der Waals surface area contributed by atoms with Crippen molar-refractivity contribution in [1.82, 2.24) is 4.98 Å². The predicted molar refractivity (Wildman–Crippen MR) is 46.3 cm³/mol. The Morgan fingerprint density at radius 2 is 2.23 bits per heavy atom. The lowest BCUT2D eigenvalue weighted by Crippen LogP contribution is -3.00. The molecular weight excluding hydrogens is 188 g/mol. The number of nitrogens with one attached hydrogen (secondary N) is 1. The van der Waals surface area contributed by atoms with E-state index in [1.165, 1.54) is 0 Å². The largest absolute Gasteiger partial charge is 1.00 e. The standard InChI is InChI=1S/C9H16N2O.ClH/c1-3-8(2)6-9(12)11-5-4-10-7-11;/h4-5,7-9,12H,3,6H2,1-2H3;1H. The number of aliphatic hydroxyl groups is 1. The monoisotopic (exact) mass is 204 g/mol. The van der Waals surface area contributed by atoms with Gasteiger partial charge >= 0.3 is 0 Å². The third kappa shape index (κ3) is 3.79. The van der Waals surface area contributed by atoms with Crippen molar-refractivity contribution < 1.29 is 22.1 Å². The molecule has 1 aromatic rings. The van der Waals surface area contributed by atoms with Crippen LogP contribution in [0.15, 0.2) is 18.7 Å². The molecule has 1 rings (SSSR count). The van der Waals surface area contributed by atoms with Crippen LogP contribution in [-0.2, 0) is 0 Å². The van der Waals surface area contributed by atoms with Gasteiger partial charge in [-0.05, 0) is 5.92 Å². The van der Waals surface area contributed by atoms with Crippen molar-refractivity contribution in [3.63, 3.8) is 0 Å². The van der Waals surface area contributed by atoms with Crippen molar-refractivity contribution in [3.8, 4) is 0 Å². The molecule has 0 fully saturated rings. The third-order valence-electron chi connectivity index (χ3n) is 2.22. The topological polar surface area (TPSA) is 39.9 Å². The second-order valence-corrected chi connectivity index (χ2v) is 3.29. The minimum Gasteiger partial charge on any atom is -1.00 e. The zero-order chi connectivity index (χ0) is 8.97. The summed E-state index contributed by atoms with van der Waals surface area (Å²) >= 11 is 0. The number of aromatic nitrogens is 2.